The van der Waals surface area contributed by atoms with Crippen LogP contribution in [0.4, 0.5) is 0 Å². The van der Waals surface area contributed by atoms with Crippen LogP contribution in [0.15, 0.2) is 53.4 Å². The molecule has 1 fully saturated rings. The van der Waals surface area contributed by atoms with Crippen LogP contribution in [0.25, 0.3) is 0 Å². The highest BCUT2D eigenvalue weighted by atomic mass is 32.2. The Hall–Kier alpha value is -2.18. The van der Waals surface area contributed by atoms with Gasteiger partial charge in [0.05, 0.1) is 4.90 Å². The van der Waals surface area contributed by atoms with Gasteiger partial charge in [0.15, 0.2) is 0 Å². The molecule has 1 saturated heterocycles. The summed E-state index contributed by atoms with van der Waals surface area (Å²) < 4.78 is 27.6. The predicted molar refractivity (Wildman–Crippen MR) is 115 cm³/mol. The van der Waals surface area contributed by atoms with Crippen molar-refractivity contribution in [1.29, 1.82) is 0 Å². The monoisotopic (exact) mass is 414 g/mol. The molecular formula is C23H30N2O3S. The number of carbonyl (C=O) groups is 1. The normalized spacial score (nSPS) is 15.7. The van der Waals surface area contributed by atoms with E-state index in [1.807, 2.05) is 12.1 Å². The highest BCUT2D eigenvalue weighted by molar-refractivity contribution is 7.89. The summed E-state index contributed by atoms with van der Waals surface area (Å²) in [5, 5.41) is 0. The van der Waals surface area contributed by atoms with E-state index in [0.717, 1.165) is 37.7 Å². The molecule has 0 saturated carbocycles. The molecule has 0 aliphatic carbocycles. The van der Waals surface area contributed by atoms with Gasteiger partial charge in [0.1, 0.15) is 0 Å². The fourth-order valence-electron chi connectivity index (χ4n) is 3.67. The molecule has 0 bridgehead atoms. The molecule has 1 amide bonds. The van der Waals surface area contributed by atoms with Gasteiger partial charge in [-0.1, -0.05) is 50.1 Å². The van der Waals surface area contributed by atoms with Crippen molar-refractivity contribution in [1.82, 2.24) is 9.21 Å². The van der Waals surface area contributed by atoms with Crippen molar-refractivity contribution in [2.45, 2.75) is 50.5 Å². The Balaban J connectivity index is 1.75. The molecule has 2 aromatic rings. The lowest BCUT2D eigenvalue weighted by Gasteiger charge is -2.21. The molecule has 1 aliphatic rings. The standard InChI is InChI=1S/C23H30N2O3S/c1-3-19-11-13-20(14-12-19)18-24(2)23(26)21-9-8-10-22(17-21)29(27,28)25-15-6-4-5-7-16-25/h8-14,17H,3-7,15-16,18H2,1-2H3. The molecule has 156 valence electrons. The van der Waals surface area contributed by atoms with Gasteiger partial charge in [-0.05, 0) is 48.6 Å². The van der Waals surface area contributed by atoms with Gasteiger partial charge in [-0.25, -0.2) is 8.42 Å². The number of hydrogen-bond donors (Lipinski definition) is 0. The van der Waals surface area contributed by atoms with Crippen LogP contribution >= 0.6 is 0 Å². The van der Waals surface area contributed by atoms with Crippen molar-refractivity contribution < 1.29 is 13.2 Å². The minimum atomic E-state index is -3.57. The number of aryl methyl sites for hydroxylation is 1. The number of nitrogens with zero attached hydrogens (tertiary/aromatic N) is 2. The highest BCUT2D eigenvalue weighted by Crippen LogP contribution is 2.22. The number of sulfonamides is 1. The largest absolute Gasteiger partial charge is 0.337 e. The van der Waals surface area contributed by atoms with Gasteiger partial charge < -0.3 is 4.90 Å². The number of benzene rings is 2. The summed E-state index contributed by atoms with van der Waals surface area (Å²) in [6.07, 6.45) is 4.88. The maximum Gasteiger partial charge on any atom is 0.253 e. The van der Waals surface area contributed by atoms with E-state index in [9.17, 15) is 13.2 Å². The summed E-state index contributed by atoms with van der Waals surface area (Å²) in [6, 6.07) is 14.6. The quantitative estimate of drug-likeness (QED) is 0.715. The van der Waals surface area contributed by atoms with Crippen molar-refractivity contribution in [3.05, 3.63) is 65.2 Å². The zero-order valence-corrected chi connectivity index (χ0v) is 18.1. The van der Waals surface area contributed by atoms with Crippen LogP contribution in [-0.2, 0) is 23.0 Å². The Morgan fingerprint density at radius 3 is 2.21 bits per heavy atom. The summed E-state index contributed by atoms with van der Waals surface area (Å²) in [5.41, 5.74) is 2.70. The smallest absolute Gasteiger partial charge is 0.253 e. The second-order valence-corrected chi connectivity index (χ2v) is 9.62. The number of rotatable bonds is 6. The summed E-state index contributed by atoms with van der Waals surface area (Å²) in [7, 11) is -1.83. The third-order valence-electron chi connectivity index (χ3n) is 5.48. The summed E-state index contributed by atoms with van der Waals surface area (Å²) in [4.78, 5) is 14.7. The van der Waals surface area contributed by atoms with E-state index in [4.69, 9.17) is 0 Å². The van der Waals surface area contributed by atoms with E-state index >= 15 is 0 Å². The minimum Gasteiger partial charge on any atom is -0.337 e. The van der Waals surface area contributed by atoms with Crippen molar-refractivity contribution in [2.24, 2.45) is 0 Å². The third-order valence-corrected chi connectivity index (χ3v) is 7.38. The van der Waals surface area contributed by atoms with Gasteiger partial charge in [-0.15, -0.1) is 0 Å². The molecule has 1 aliphatic heterocycles. The van der Waals surface area contributed by atoms with E-state index in [1.165, 1.54) is 11.6 Å². The molecule has 29 heavy (non-hydrogen) atoms. The molecule has 5 nitrogen and oxygen atoms in total. The van der Waals surface area contributed by atoms with Crippen molar-refractivity contribution >= 4 is 15.9 Å². The van der Waals surface area contributed by atoms with E-state index in [0.29, 0.717) is 25.2 Å². The van der Waals surface area contributed by atoms with Gasteiger partial charge in [-0.3, -0.25) is 4.79 Å². The summed E-state index contributed by atoms with van der Waals surface area (Å²) in [6.45, 7) is 3.69. The second kappa shape index (κ2) is 9.55. The zero-order valence-electron chi connectivity index (χ0n) is 17.3. The van der Waals surface area contributed by atoms with Gasteiger partial charge in [0, 0.05) is 32.2 Å². The maximum atomic E-state index is 13.0. The first kappa shape index (κ1) is 21.5. The Bertz CT molecular complexity index is 931. The second-order valence-electron chi connectivity index (χ2n) is 7.68. The first-order chi connectivity index (χ1) is 13.9. The number of amides is 1. The topological polar surface area (TPSA) is 57.7 Å². The zero-order chi connectivity index (χ0) is 20.9. The Labute approximate surface area is 174 Å². The minimum absolute atomic E-state index is 0.183. The van der Waals surface area contributed by atoms with Crippen LogP contribution in [0, 0.1) is 0 Å². The van der Waals surface area contributed by atoms with Gasteiger partial charge in [0.25, 0.3) is 5.91 Å². The lowest BCUT2D eigenvalue weighted by atomic mass is 10.1. The van der Waals surface area contributed by atoms with E-state index in [-0.39, 0.29) is 10.8 Å². The van der Waals surface area contributed by atoms with Crippen LogP contribution in [-0.4, -0.2) is 43.7 Å². The van der Waals surface area contributed by atoms with Crippen LogP contribution in [0.1, 0.15) is 54.1 Å². The van der Waals surface area contributed by atoms with Crippen LogP contribution in [0.5, 0.6) is 0 Å². The van der Waals surface area contributed by atoms with Crippen LogP contribution in [0.3, 0.4) is 0 Å². The van der Waals surface area contributed by atoms with Crippen LogP contribution in [0.2, 0.25) is 0 Å². The molecule has 1 heterocycles. The molecule has 0 aromatic heterocycles. The number of carbonyl (C=O) groups excluding carboxylic acids is 1. The van der Waals surface area contributed by atoms with Crippen molar-refractivity contribution in [3.8, 4) is 0 Å². The Morgan fingerprint density at radius 2 is 1.59 bits per heavy atom. The Morgan fingerprint density at radius 1 is 0.966 bits per heavy atom. The molecular weight excluding hydrogens is 384 g/mol. The summed E-state index contributed by atoms with van der Waals surface area (Å²) in [5.74, 6) is -0.183. The SMILES string of the molecule is CCc1ccc(CN(C)C(=O)c2cccc(S(=O)(=O)N3CCCCCC3)c2)cc1. The molecule has 0 unspecified atom stereocenters. The lowest BCUT2D eigenvalue weighted by Crippen LogP contribution is -2.32. The van der Waals surface area contributed by atoms with Crippen molar-refractivity contribution in [3.63, 3.8) is 0 Å². The van der Waals surface area contributed by atoms with Crippen molar-refractivity contribution in [2.75, 3.05) is 20.1 Å². The van der Waals surface area contributed by atoms with Crippen LogP contribution < -0.4 is 0 Å². The fourth-order valence-corrected chi connectivity index (χ4v) is 5.23. The average molecular weight is 415 g/mol. The molecule has 2 aromatic carbocycles. The fraction of sp³-hybridized carbons (Fsp3) is 0.435. The molecule has 0 spiro atoms. The molecule has 6 heteroatoms. The summed E-state index contributed by atoms with van der Waals surface area (Å²) >= 11 is 0. The molecule has 0 radical (unpaired) electrons. The highest BCUT2D eigenvalue weighted by Gasteiger charge is 2.26. The maximum absolute atomic E-state index is 13.0. The predicted octanol–water partition coefficient (Wildman–Crippen LogP) is 4.09. The van der Waals surface area contributed by atoms with E-state index in [1.54, 1.807) is 34.5 Å². The van der Waals surface area contributed by atoms with E-state index < -0.39 is 10.0 Å². The lowest BCUT2D eigenvalue weighted by molar-refractivity contribution is 0.0785. The average Bonchev–Trinajstić information content (AvgIpc) is 3.04. The number of hydrogen-bond acceptors (Lipinski definition) is 3. The molecule has 0 atom stereocenters. The van der Waals surface area contributed by atoms with Gasteiger partial charge in [-0.2, -0.15) is 4.31 Å². The van der Waals surface area contributed by atoms with E-state index in [2.05, 4.69) is 19.1 Å². The van der Waals surface area contributed by atoms with Gasteiger partial charge >= 0.3 is 0 Å². The molecule has 0 N–H and O–H groups in total. The first-order valence-electron chi connectivity index (χ1n) is 10.4. The molecule has 3 rings (SSSR count). The first-order valence-corrected chi connectivity index (χ1v) is 11.8. The Kier molecular flexibility index (Phi) is 7.09. The van der Waals surface area contributed by atoms with Gasteiger partial charge in [0.2, 0.25) is 10.0 Å². The third kappa shape index (κ3) is 5.25.